The number of nitrogens with zero attached hydrogens (tertiary/aromatic N) is 2. The molecule has 0 saturated carbocycles. The molecule has 6 nitrogen and oxygen atoms in total. The van der Waals surface area contributed by atoms with Crippen LogP contribution in [0.15, 0.2) is 30.7 Å². The molecule has 0 aromatic carbocycles. The van der Waals surface area contributed by atoms with Crippen molar-refractivity contribution in [2.24, 2.45) is 0 Å². The van der Waals surface area contributed by atoms with E-state index in [0.29, 0.717) is 5.82 Å². The second-order valence-electron chi connectivity index (χ2n) is 4.22. The summed E-state index contributed by atoms with van der Waals surface area (Å²) in [4.78, 5) is 22.2. The van der Waals surface area contributed by atoms with Crippen LogP contribution in [-0.4, -0.2) is 33.8 Å². The molecule has 0 aliphatic carbocycles. The SMILES string of the molecule is CC(=O)CNc1cc(NCCc2ccc[nH]2)ncn1. The summed E-state index contributed by atoms with van der Waals surface area (Å²) in [6.07, 6.45) is 4.27. The van der Waals surface area contributed by atoms with Gasteiger partial charge in [-0.3, -0.25) is 4.79 Å². The van der Waals surface area contributed by atoms with E-state index in [1.807, 2.05) is 18.3 Å². The first-order chi connectivity index (χ1) is 9.24. The molecular weight excluding hydrogens is 242 g/mol. The second kappa shape index (κ2) is 6.53. The van der Waals surface area contributed by atoms with Crippen molar-refractivity contribution >= 4 is 17.4 Å². The van der Waals surface area contributed by atoms with Gasteiger partial charge in [0, 0.05) is 30.9 Å². The minimum absolute atomic E-state index is 0.0693. The minimum Gasteiger partial charge on any atom is -0.370 e. The zero-order valence-electron chi connectivity index (χ0n) is 10.8. The Hall–Kier alpha value is -2.37. The van der Waals surface area contributed by atoms with Gasteiger partial charge in [0.25, 0.3) is 0 Å². The average molecular weight is 259 g/mol. The number of ketones is 1. The van der Waals surface area contributed by atoms with Gasteiger partial charge in [0.05, 0.1) is 6.54 Å². The first-order valence-electron chi connectivity index (χ1n) is 6.15. The Morgan fingerprint density at radius 3 is 2.79 bits per heavy atom. The summed E-state index contributed by atoms with van der Waals surface area (Å²) in [5, 5.41) is 6.16. The Morgan fingerprint density at radius 2 is 2.11 bits per heavy atom. The molecule has 0 fully saturated rings. The van der Waals surface area contributed by atoms with Crippen LogP contribution in [0.4, 0.5) is 11.6 Å². The summed E-state index contributed by atoms with van der Waals surface area (Å²) in [5.41, 5.74) is 1.18. The van der Waals surface area contributed by atoms with Crippen LogP contribution in [0, 0.1) is 0 Å². The lowest BCUT2D eigenvalue weighted by molar-refractivity contribution is -0.115. The van der Waals surface area contributed by atoms with E-state index in [-0.39, 0.29) is 12.3 Å². The molecule has 0 saturated heterocycles. The van der Waals surface area contributed by atoms with E-state index in [0.717, 1.165) is 18.8 Å². The molecule has 0 aliphatic heterocycles. The van der Waals surface area contributed by atoms with Gasteiger partial charge in [-0.1, -0.05) is 0 Å². The van der Waals surface area contributed by atoms with Crippen LogP contribution >= 0.6 is 0 Å². The van der Waals surface area contributed by atoms with Crippen molar-refractivity contribution in [2.75, 3.05) is 23.7 Å². The van der Waals surface area contributed by atoms with Gasteiger partial charge in [-0.25, -0.2) is 9.97 Å². The maximum Gasteiger partial charge on any atom is 0.148 e. The van der Waals surface area contributed by atoms with Gasteiger partial charge in [0.1, 0.15) is 23.7 Å². The maximum absolute atomic E-state index is 10.9. The van der Waals surface area contributed by atoms with Gasteiger partial charge >= 0.3 is 0 Å². The molecule has 2 aromatic rings. The molecule has 0 spiro atoms. The highest BCUT2D eigenvalue weighted by molar-refractivity contribution is 5.80. The number of nitrogens with one attached hydrogen (secondary N) is 3. The fourth-order valence-electron chi connectivity index (χ4n) is 1.61. The molecule has 6 heteroatoms. The molecule has 0 unspecified atom stereocenters. The Balaban J connectivity index is 1.82. The zero-order valence-corrected chi connectivity index (χ0v) is 10.8. The predicted molar refractivity (Wildman–Crippen MR) is 74.2 cm³/mol. The topological polar surface area (TPSA) is 82.7 Å². The van der Waals surface area contributed by atoms with E-state index in [2.05, 4.69) is 25.6 Å². The number of H-pyrrole nitrogens is 1. The van der Waals surface area contributed by atoms with Crippen molar-refractivity contribution < 1.29 is 4.79 Å². The van der Waals surface area contributed by atoms with Crippen molar-refractivity contribution in [2.45, 2.75) is 13.3 Å². The lowest BCUT2D eigenvalue weighted by Gasteiger charge is -2.07. The van der Waals surface area contributed by atoms with Crippen LogP contribution in [0.2, 0.25) is 0 Å². The van der Waals surface area contributed by atoms with Gasteiger partial charge < -0.3 is 15.6 Å². The maximum atomic E-state index is 10.9. The van der Waals surface area contributed by atoms with Gasteiger partial charge in [-0.2, -0.15) is 0 Å². The van der Waals surface area contributed by atoms with Gasteiger partial charge in [-0.05, 0) is 19.1 Å². The number of carbonyl (C=O) groups is 1. The third kappa shape index (κ3) is 4.42. The van der Waals surface area contributed by atoms with Crippen LogP contribution in [0.25, 0.3) is 0 Å². The van der Waals surface area contributed by atoms with Crippen molar-refractivity contribution in [3.05, 3.63) is 36.4 Å². The van der Waals surface area contributed by atoms with Crippen molar-refractivity contribution in [3.8, 4) is 0 Å². The Labute approximate surface area is 111 Å². The lowest BCUT2D eigenvalue weighted by Crippen LogP contribution is -2.12. The highest BCUT2D eigenvalue weighted by atomic mass is 16.1. The molecule has 0 aliphatic rings. The second-order valence-corrected chi connectivity index (χ2v) is 4.22. The lowest BCUT2D eigenvalue weighted by atomic mass is 10.3. The molecule has 100 valence electrons. The number of anilines is 2. The molecule has 0 bridgehead atoms. The first kappa shape index (κ1) is 13.1. The zero-order chi connectivity index (χ0) is 13.5. The summed E-state index contributed by atoms with van der Waals surface area (Å²) < 4.78 is 0. The van der Waals surface area contributed by atoms with Crippen LogP contribution < -0.4 is 10.6 Å². The number of hydrogen-bond donors (Lipinski definition) is 3. The number of carbonyl (C=O) groups excluding carboxylic acids is 1. The molecule has 2 heterocycles. The summed E-state index contributed by atoms with van der Waals surface area (Å²) in [6, 6.07) is 5.81. The number of Topliss-reactive ketones (excluding diaryl/α,β-unsaturated/α-hetero) is 1. The third-order valence-corrected chi connectivity index (χ3v) is 2.55. The van der Waals surface area contributed by atoms with E-state index in [9.17, 15) is 4.79 Å². The molecule has 2 aromatic heterocycles. The Kier molecular flexibility index (Phi) is 4.49. The molecule has 2 rings (SSSR count). The van der Waals surface area contributed by atoms with Gasteiger partial charge in [0.15, 0.2) is 0 Å². The predicted octanol–water partition coefficient (Wildman–Crippen LogP) is 1.46. The minimum atomic E-state index is 0.0693. The Morgan fingerprint density at radius 1 is 1.32 bits per heavy atom. The fraction of sp³-hybridized carbons (Fsp3) is 0.308. The number of rotatable bonds is 7. The van der Waals surface area contributed by atoms with E-state index in [1.54, 1.807) is 6.07 Å². The summed E-state index contributed by atoms with van der Waals surface area (Å²) in [7, 11) is 0. The summed E-state index contributed by atoms with van der Waals surface area (Å²) >= 11 is 0. The van der Waals surface area contributed by atoms with Crippen LogP contribution in [-0.2, 0) is 11.2 Å². The van der Waals surface area contributed by atoms with E-state index in [1.165, 1.54) is 18.9 Å². The number of hydrogen-bond acceptors (Lipinski definition) is 5. The Bertz CT molecular complexity index is 524. The fourth-order valence-corrected chi connectivity index (χ4v) is 1.61. The molecule has 0 radical (unpaired) electrons. The van der Waals surface area contributed by atoms with Gasteiger partial charge in [-0.15, -0.1) is 0 Å². The quantitative estimate of drug-likeness (QED) is 0.701. The van der Waals surface area contributed by atoms with E-state index in [4.69, 9.17) is 0 Å². The van der Waals surface area contributed by atoms with Crippen molar-refractivity contribution in [1.82, 2.24) is 15.0 Å². The highest BCUT2D eigenvalue weighted by Gasteiger charge is 2.00. The summed E-state index contributed by atoms with van der Waals surface area (Å²) in [6.45, 7) is 2.59. The molecule has 3 N–H and O–H groups in total. The molecule has 19 heavy (non-hydrogen) atoms. The van der Waals surface area contributed by atoms with Crippen molar-refractivity contribution in [1.29, 1.82) is 0 Å². The van der Waals surface area contributed by atoms with Crippen molar-refractivity contribution in [3.63, 3.8) is 0 Å². The monoisotopic (exact) mass is 259 g/mol. The molecular formula is C13H17N5O. The smallest absolute Gasteiger partial charge is 0.148 e. The highest BCUT2D eigenvalue weighted by Crippen LogP contribution is 2.08. The van der Waals surface area contributed by atoms with Crippen LogP contribution in [0.3, 0.4) is 0 Å². The third-order valence-electron chi connectivity index (χ3n) is 2.55. The van der Waals surface area contributed by atoms with E-state index >= 15 is 0 Å². The first-order valence-corrected chi connectivity index (χ1v) is 6.15. The average Bonchev–Trinajstić information content (AvgIpc) is 2.90. The summed E-state index contributed by atoms with van der Waals surface area (Å²) in [5.74, 6) is 1.46. The standard InChI is InChI=1S/C13H17N5O/c1-10(19)8-16-13-7-12(17-9-18-13)15-6-4-11-3-2-5-14-11/h2-3,5,7,9,14H,4,6,8H2,1H3,(H2,15,16,17,18). The number of aromatic amines is 1. The van der Waals surface area contributed by atoms with Gasteiger partial charge in [0.2, 0.25) is 0 Å². The molecule has 0 amide bonds. The van der Waals surface area contributed by atoms with E-state index < -0.39 is 0 Å². The molecule has 0 atom stereocenters. The van der Waals surface area contributed by atoms with Crippen LogP contribution in [0.5, 0.6) is 0 Å². The number of aromatic nitrogens is 3. The normalized spacial score (nSPS) is 10.2. The largest absolute Gasteiger partial charge is 0.370 e. The van der Waals surface area contributed by atoms with Crippen LogP contribution in [0.1, 0.15) is 12.6 Å².